The first-order chi connectivity index (χ1) is 14.7. The molecule has 0 radical (unpaired) electrons. The fourth-order valence-electron chi connectivity index (χ4n) is 2.26. The van der Waals surface area contributed by atoms with Gasteiger partial charge in [-0.25, -0.2) is 4.57 Å². The van der Waals surface area contributed by atoms with Gasteiger partial charge in [0.15, 0.2) is 0 Å². The third kappa shape index (κ3) is 11.0. The molecule has 1 unspecified atom stereocenters. The molecular weight excluding hydrogens is 623 g/mol. The van der Waals surface area contributed by atoms with Crippen molar-refractivity contribution in [3.8, 4) is 5.75 Å². The molecule has 0 aliphatic rings. The number of hydrogen-bond acceptors (Lipinski definition) is 6. The first-order valence-electron chi connectivity index (χ1n) is 10.4. The highest BCUT2D eigenvalue weighted by molar-refractivity contribution is 9.14. The summed E-state index contributed by atoms with van der Waals surface area (Å²) < 4.78 is 42.8. The maximum Gasteiger partial charge on any atom is 0.527 e. The number of halogens is 3. The van der Waals surface area contributed by atoms with Crippen molar-refractivity contribution in [2.45, 2.75) is 65.3 Å². The molecule has 0 fully saturated rings. The minimum Gasteiger partial charge on any atom is -0.403 e. The Kier molecular flexibility index (Phi) is 14.7. The Labute approximate surface area is 210 Å². The van der Waals surface area contributed by atoms with E-state index in [1.54, 1.807) is 12.1 Å². The Morgan fingerprint density at radius 1 is 0.871 bits per heavy atom. The van der Waals surface area contributed by atoms with E-state index in [1.807, 2.05) is 20.8 Å². The summed E-state index contributed by atoms with van der Waals surface area (Å²) in [7, 11) is -4.50. The lowest BCUT2D eigenvalue weighted by atomic mass is 10.3. The molecule has 0 bridgehead atoms. The maximum atomic E-state index is 12.7. The summed E-state index contributed by atoms with van der Waals surface area (Å²) in [5.74, 6) is -1.42. The van der Waals surface area contributed by atoms with E-state index in [2.05, 4.69) is 47.8 Å². The molecule has 0 aliphatic heterocycles. The third-order valence-electron chi connectivity index (χ3n) is 4.08. The van der Waals surface area contributed by atoms with Crippen molar-refractivity contribution >= 4 is 55.6 Å². The molecule has 0 saturated heterocycles. The third-order valence-corrected chi connectivity index (χ3v) is 8.30. The lowest BCUT2D eigenvalue weighted by Crippen LogP contribution is -2.44. The molecule has 180 valence electrons. The maximum absolute atomic E-state index is 12.7. The van der Waals surface area contributed by atoms with Crippen LogP contribution in [0.2, 0.25) is 0 Å². The molecule has 0 aliphatic carbocycles. The van der Waals surface area contributed by atoms with Crippen LogP contribution in [0.5, 0.6) is 5.75 Å². The fraction of sp³-hybridized carbons (Fsp3) is 0.700. The summed E-state index contributed by atoms with van der Waals surface area (Å²) >= 11 is 10.1. The molecule has 31 heavy (non-hydrogen) atoms. The summed E-state index contributed by atoms with van der Waals surface area (Å²) in [6.45, 7) is 6.84. The first-order valence-corrected chi connectivity index (χ1v) is 14.3. The van der Waals surface area contributed by atoms with E-state index in [9.17, 15) is 9.46 Å². The van der Waals surface area contributed by atoms with Gasteiger partial charge in [-0.05, 0) is 79.2 Å². The molecule has 1 N–H and O–H groups in total. The van der Waals surface area contributed by atoms with Crippen molar-refractivity contribution in [1.29, 1.82) is 0 Å². The number of phosphoric ester groups is 1. The average Bonchev–Trinajstić information content (AvgIpc) is 2.73. The Morgan fingerprint density at radius 2 is 1.35 bits per heavy atom. The van der Waals surface area contributed by atoms with E-state index >= 15 is 0 Å². The van der Waals surface area contributed by atoms with Crippen LogP contribution >= 0.6 is 55.6 Å². The van der Waals surface area contributed by atoms with Crippen molar-refractivity contribution in [2.24, 2.45) is 0 Å². The van der Waals surface area contributed by atoms with Crippen molar-refractivity contribution in [3.05, 3.63) is 25.6 Å². The summed E-state index contributed by atoms with van der Waals surface area (Å²) in [4.78, 5) is 10.3. The van der Waals surface area contributed by atoms with Gasteiger partial charge in [-0.2, -0.15) is 0 Å². The minimum atomic E-state index is -4.50. The van der Waals surface area contributed by atoms with Crippen molar-refractivity contribution in [2.75, 3.05) is 26.4 Å². The van der Waals surface area contributed by atoms with Gasteiger partial charge in [-0.15, -0.1) is 0 Å². The fourth-order valence-corrected chi connectivity index (χ4v) is 4.51. The van der Waals surface area contributed by atoms with Crippen LogP contribution in [0.15, 0.2) is 25.6 Å². The van der Waals surface area contributed by atoms with Crippen molar-refractivity contribution in [1.82, 2.24) is 0 Å². The molecule has 0 amide bonds. The number of ether oxygens (including phenoxy) is 3. The summed E-state index contributed by atoms with van der Waals surface area (Å²) in [6.07, 6.45) is 5.16. The molecule has 7 nitrogen and oxygen atoms in total. The van der Waals surface area contributed by atoms with Crippen LogP contribution in [0, 0.1) is 0 Å². The van der Waals surface area contributed by atoms with E-state index in [1.165, 1.54) is 0 Å². The van der Waals surface area contributed by atoms with E-state index in [0.29, 0.717) is 28.8 Å². The zero-order valence-corrected chi connectivity index (χ0v) is 23.9. The molecule has 1 aromatic carbocycles. The lowest BCUT2D eigenvalue weighted by Gasteiger charge is -2.33. The average molecular weight is 655 g/mol. The molecule has 1 rings (SSSR count). The summed E-state index contributed by atoms with van der Waals surface area (Å²) in [5, 5.41) is 0. The lowest BCUT2D eigenvalue weighted by molar-refractivity contribution is -0.389. The van der Waals surface area contributed by atoms with E-state index < -0.39 is 20.4 Å². The molecule has 1 aromatic rings. The SMILES string of the molecule is CCCCOC(COP(=O)(O)Oc1ccc(Br)c(Br)c1Br)(OCCCC)OCCCC. The molecule has 0 saturated carbocycles. The number of hydrogen-bond donors (Lipinski definition) is 1. The second-order valence-electron chi connectivity index (χ2n) is 6.80. The minimum absolute atomic E-state index is 0.150. The predicted molar refractivity (Wildman–Crippen MR) is 131 cm³/mol. The normalized spacial score (nSPS) is 13.9. The number of unbranched alkanes of at least 4 members (excludes halogenated alkanes) is 3. The van der Waals surface area contributed by atoms with Crippen LogP contribution in [0.3, 0.4) is 0 Å². The van der Waals surface area contributed by atoms with Gasteiger partial charge in [0.2, 0.25) is 0 Å². The quantitative estimate of drug-likeness (QED) is 0.0803. The van der Waals surface area contributed by atoms with Gasteiger partial charge in [-0.3, -0.25) is 9.42 Å². The highest BCUT2D eigenvalue weighted by Crippen LogP contribution is 2.49. The molecule has 1 atom stereocenters. The highest BCUT2D eigenvalue weighted by atomic mass is 79.9. The van der Waals surface area contributed by atoms with Crippen LogP contribution in [-0.2, 0) is 23.3 Å². The standard InChI is InChI=1S/C20H32Br3O7P/c1-4-7-12-26-20(27-13-8-5-2,28-14-9-6-3)15-29-31(24,25)30-17-11-10-16(21)18(22)19(17)23/h10-11H,4-9,12-15H2,1-3H3,(H,24,25). The summed E-state index contributed by atoms with van der Waals surface area (Å²) in [6, 6.07) is 3.23. The monoisotopic (exact) mass is 652 g/mol. The zero-order chi connectivity index (χ0) is 23.3. The number of benzene rings is 1. The van der Waals surface area contributed by atoms with Crippen LogP contribution < -0.4 is 4.52 Å². The van der Waals surface area contributed by atoms with Gasteiger partial charge in [0.25, 0.3) is 0 Å². The largest absolute Gasteiger partial charge is 0.527 e. The zero-order valence-electron chi connectivity index (χ0n) is 18.2. The molecule has 0 heterocycles. The van der Waals surface area contributed by atoms with E-state index in [-0.39, 0.29) is 5.75 Å². The first kappa shape index (κ1) is 29.5. The van der Waals surface area contributed by atoms with E-state index in [4.69, 9.17) is 23.3 Å². The number of phosphoric acid groups is 1. The topological polar surface area (TPSA) is 83.5 Å². The molecule has 0 spiro atoms. The Balaban J connectivity index is 2.95. The van der Waals surface area contributed by atoms with Crippen LogP contribution in [0.25, 0.3) is 0 Å². The van der Waals surface area contributed by atoms with E-state index in [0.717, 1.165) is 43.0 Å². The molecule has 11 heteroatoms. The molecule has 0 aromatic heterocycles. The van der Waals surface area contributed by atoms with Crippen molar-refractivity contribution in [3.63, 3.8) is 0 Å². The van der Waals surface area contributed by atoms with Gasteiger partial charge in [0, 0.05) is 8.95 Å². The van der Waals surface area contributed by atoms with Gasteiger partial charge in [0.1, 0.15) is 12.4 Å². The smallest absolute Gasteiger partial charge is 0.403 e. The van der Waals surface area contributed by atoms with Crippen molar-refractivity contribution < 1.29 is 32.7 Å². The predicted octanol–water partition coefficient (Wildman–Crippen LogP) is 7.57. The van der Waals surface area contributed by atoms with Crippen LogP contribution in [-0.4, -0.2) is 37.3 Å². The number of rotatable bonds is 17. The van der Waals surface area contributed by atoms with Gasteiger partial charge < -0.3 is 18.7 Å². The summed E-state index contributed by atoms with van der Waals surface area (Å²) in [5.41, 5.74) is 0. The van der Waals surface area contributed by atoms with Gasteiger partial charge in [0.05, 0.1) is 24.3 Å². The highest BCUT2D eigenvalue weighted by Gasteiger charge is 2.39. The Bertz CT molecular complexity index is 679. The van der Waals surface area contributed by atoms with Crippen LogP contribution in [0.4, 0.5) is 0 Å². The van der Waals surface area contributed by atoms with Crippen LogP contribution in [0.1, 0.15) is 59.3 Å². The Morgan fingerprint density at radius 3 is 1.81 bits per heavy atom. The second-order valence-corrected chi connectivity index (χ2v) is 10.6. The van der Waals surface area contributed by atoms with Gasteiger partial charge >= 0.3 is 13.8 Å². The Hall–Kier alpha value is 0.490. The molecular formula is C20H32Br3O7P. The second kappa shape index (κ2) is 15.4. The van der Waals surface area contributed by atoms with Gasteiger partial charge in [-0.1, -0.05) is 40.0 Å².